The van der Waals surface area contributed by atoms with Crippen LogP contribution in [0.4, 0.5) is 68.2 Å². The first-order chi connectivity index (χ1) is 73.6. The Labute approximate surface area is 865 Å². The van der Waals surface area contributed by atoms with Gasteiger partial charge in [0.15, 0.2) is 22.3 Å². The maximum atomic E-state index is 6.93. The van der Waals surface area contributed by atoms with Gasteiger partial charge in [-0.05, 0) is 265 Å². The molecule has 4 aliphatic rings. The first-order valence-corrected chi connectivity index (χ1v) is 53.6. The number of benzene rings is 23. The number of rotatable bonds is 14. The summed E-state index contributed by atoms with van der Waals surface area (Å²) in [6.45, 7) is 2.68. The molecule has 2 bridgehead atoms. The molecule has 149 heavy (non-hydrogen) atoms. The van der Waals surface area contributed by atoms with Gasteiger partial charge in [0, 0.05) is 139 Å². The van der Waals surface area contributed by atoms with Gasteiger partial charge in [0.25, 0.3) is 0 Å². The largest absolute Gasteiger partial charge is 0.454 e. The molecule has 4 aliphatic carbocycles. The molecule has 704 valence electrons. The Balaban J connectivity index is 0.000000132. The second-order valence-electron chi connectivity index (χ2n) is 42.0. The molecular formula is C139H92N4O4S2. The summed E-state index contributed by atoms with van der Waals surface area (Å²) in [4.78, 5) is 9.70. The van der Waals surface area contributed by atoms with Gasteiger partial charge in [0.05, 0.1) is 28.4 Å². The van der Waals surface area contributed by atoms with E-state index >= 15 is 0 Å². The zero-order valence-electron chi connectivity index (χ0n) is 81.4. The molecule has 10 heteroatoms. The summed E-state index contributed by atoms with van der Waals surface area (Å²) < 4.78 is 32.3. The molecule has 6 aromatic heterocycles. The number of fused-ring (bicyclic) bond motifs is 31. The van der Waals surface area contributed by atoms with Crippen molar-refractivity contribution < 1.29 is 17.7 Å². The molecule has 3 fully saturated rings. The highest BCUT2D eigenvalue weighted by atomic mass is 32.1. The minimum absolute atomic E-state index is 0.329. The summed E-state index contributed by atoms with van der Waals surface area (Å²) in [6.07, 6.45) is 8.02. The van der Waals surface area contributed by atoms with Crippen molar-refractivity contribution in [2.75, 3.05) is 19.6 Å². The van der Waals surface area contributed by atoms with E-state index < -0.39 is 0 Å². The Morgan fingerprint density at radius 3 is 1.05 bits per heavy atom. The first kappa shape index (κ1) is 84.5. The van der Waals surface area contributed by atoms with E-state index in [-0.39, 0.29) is 0 Å². The summed E-state index contributed by atoms with van der Waals surface area (Å²) in [6, 6.07) is 168. The highest BCUT2D eigenvalue weighted by Crippen LogP contribution is 2.87. The number of anilines is 12. The highest BCUT2D eigenvalue weighted by Gasteiger charge is 2.79. The third-order valence-electron chi connectivity index (χ3n) is 34.3. The van der Waals surface area contributed by atoms with E-state index in [1.165, 1.54) is 160 Å². The van der Waals surface area contributed by atoms with Gasteiger partial charge >= 0.3 is 0 Å². The normalized spacial score (nSPS) is 16.7. The number of furan rings is 4. The smallest absolute Gasteiger partial charge is 0.159 e. The predicted molar refractivity (Wildman–Crippen MR) is 627 cm³/mol. The Morgan fingerprint density at radius 2 is 0.577 bits per heavy atom. The van der Waals surface area contributed by atoms with Crippen LogP contribution in [0.5, 0.6) is 0 Å². The molecule has 0 N–H and O–H groups in total. The van der Waals surface area contributed by atoms with Crippen molar-refractivity contribution in [2.45, 2.75) is 45.4 Å². The van der Waals surface area contributed by atoms with Crippen molar-refractivity contribution in [1.29, 1.82) is 0 Å². The van der Waals surface area contributed by atoms with E-state index in [9.17, 15) is 0 Å². The number of thiophene rings is 2. The van der Waals surface area contributed by atoms with Crippen molar-refractivity contribution in [3.05, 3.63) is 472 Å². The van der Waals surface area contributed by atoms with E-state index in [2.05, 4.69) is 475 Å². The van der Waals surface area contributed by atoms with Gasteiger partial charge in [-0.2, -0.15) is 0 Å². The van der Waals surface area contributed by atoms with Crippen LogP contribution in [0.2, 0.25) is 0 Å². The molecule has 8 nitrogen and oxygen atoms in total. The van der Waals surface area contributed by atoms with Crippen LogP contribution in [0.1, 0.15) is 43.7 Å². The zero-order chi connectivity index (χ0) is 97.6. The van der Waals surface area contributed by atoms with Gasteiger partial charge in [0.1, 0.15) is 22.3 Å². The molecule has 3 saturated carbocycles. The van der Waals surface area contributed by atoms with E-state index in [4.69, 9.17) is 17.7 Å². The Kier molecular flexibility index (Phi) is 18.4. The fraction of sp³-hybridized carbons (Fsp3) is 0.0791. The van der Waals surface area contributed by atoms with Crippen LogP contribution in [-0.2, 0) is 12.8 Å². The van der Waals surface area contributed by atoms with Crippen LogP contribution >= 0.6 is 22.7 Å². The SMILES string of the molecule is CC12Cc3c(cccc3N(c3ccc4c(c3)sc3c5ccc(N(c6cccc7ccccc67)c6cccc7c6oc6ccccc67)cc5c5ccccc5c43)c3cccc4c3oc3ccccc34)CC13CCC1(CC12)C3.c1ccc(-c2ccc(N(c3ccc4c(c3)sc3c5ccc(N(c6ccc(-c7ccccc7)cc6)c6cccc7c6oc6ccccc67)cc5c5ccccc5c43)c3cccc4c3oc3ccccc34)cc2)cc1. The third kappa shape index (κ3) is 12.7. The number of nitrogens with zero attached hydrogens (tertiary/aromatic N) is 4. The molecule has 33 rings (SSSR count). The third-order valence-corrected chi connectivity index (χ3v) is 36.7. The average molecular weight is 1950 g/mol. The van der Waals surface area contributed by atoms with Crippen molar-refractivity contribution in [1.82, 2.24) is 0 Å². The average Bonchev–Trinajstić information content (AvgIpc) is 1.46. The fourth-order valence-corrected chi connectivity index (χ4v) is 30.1. The number of para-hydroxylation sites is 8. The van der Waals surface area contributed by atoms with E-state index in [1.54, 1.807) is 5.56 Å². The number of hydrogen-bond acceptors (Lipinski definition) is 10. The topological polar surface area (TPSA) is 65.5 Å². The van der Waals surface area contributed by atoms with Crippen molar-refractivity contribution in [3.8, 4) is 22.3 Å². The van der Waals surface area contributed by atoms with E-state index in [0.717, 1.165) is 163 Å². The Hall–Kier alpha value is -17.8. The van der Waals surface area contributed by atoms with Crippen LogP contribution in [0.25, 0.3) is 204 Å². The molecule has 0 amide bonds. The van der Waals surface area contributed by atoms with Crippen molar-refractivity contribution >= 4 is 273 Å². The molecular weight excluding hydrogens is 1850 g/mol. The maximum Gasteiger partial charge on any atom is 0.159 e. The highest BCUT2D eigenvalue weighted by molar-refractivity contribution is 7.27. The van der Waals surface area contributed by atoms with Gasteiger partial charge in [0.2, 0.25) is 0 Å². The van der Waals surface area contributed by atoms with E-state index in [1.807, 2.05) is 34.8 Å². The molecule has 2 spiro atoms. The quantitative estimate of drug-likeness (QED) is 0.0998. The van der Waals surface area contributed by atoms with Crippen LogP contribution in [0.15, 0.2) is 479 Å². The second-order valence-corrected chi connectivity index (χ2v) is 44.1. The predicted octanol–water partition coefficient (Wildman–Crippen LogP) is 41.0. The lowest BCUT2D eigenvalue weighted by Gasteiger charge is -2.51. The summed E-state index contributed by atoms with van der Waals surface area (Å²) >= 11 is 3.79. The van der Waals surface area contributed by atoms with E-state index in [0.29, 0.717) is 16.2 Å². The lowest BCUT2D eigenvalue weighted by molar-refractivity contribution is 0.0396. The molecule has 29 aromatic rings. The van der Waals surface area contributed by atoms with Gasteiger partial charge < -0.3 is 37.3 Å². The van der Waals surface area contributed by atoms with Crippen LogP contribution in [-0.4, -0.2) is 0 Å². The molecule has 0 aliphatic heterocycles. The van der Waals surface area contributed by atoms with Crippen LogP contribution < -0.4 is 19.6 Å². The maximum absolute atomic E-state index is 6.93. The monoisotopic (exact) mass is 1940 g/mol. The van der Waals surface area contributed by atoms with Crippen molar-refractivity contribution in [3.63, 3.8) is 0 Å². The zero-order valence-corrected chi connectivity index (χ0v) is 83.1. The minimum Gasteiger partial charge on any atom is -0.454 e. The Bertz CT molecular complexity index is 10700. The number of hydrogen-bond donors (Lipinski definition) is 0. The lowest BCUT2D eigenvalue weighted by Crippen LogP contribution is -2.45. The van der Waals surface area contributed by atoms with Gasteiger partial charge in [-0.25, -0.2) is 0 Å². The molecule has 23 aromatic carbocycles. The standard InChI is InChI=1S/C71H50N2O2S.C68H42N2O2S/c1-69-39-56-43(38-71(69)35-34-70(41-71)40-64(69)70)16-11-25-58(56)73(60-27-13-23-52-49-20-7-9-29-62(49)75-67(52)60)45-31-33-54-63(37-45)76-68-53-32-30-44(36-55(53)47-18-4-5-21-50(47)65(54)68)72(57-24-10-15-42-14-2-3-17-46(42)57)59-26-12-22-51-48-19-6-8-28-61(48)74-66(51)59;1-3-15-43(16-4-1)45-29-33-47(34-30-45)69(60-25-13-23-55-52-20-9-11-27-62(52)71-66(55)60)49-37-39-57-59(41-49)51-19-7-8-22-54(51)65-58-40-38-50(42-64(58)73-68(57)65)70(48-35-31-46(32-36-48)44-17-5-2-6-18-44)61-26-14-24-56-53-21-10-12-28-63(53)72-67(56)61/h2-33,36-37,64H,34-35,38-41H2,1H3;1-42H. The van der Waals surface area contributed by atoms with Crippen LogP contribution in [0, 0.1) is 22.2 Å². The Morgan fingerprint density at radius 1 is 0.242 bits per heavy atom. The second kappa shape index (κ2) is 32.3. The molecule has 6 heterocycles. The van der Waals surface area contributed by atoms with Crippen molar-refractivity contribution in [2.24, 2.45) is 22.2 Å². The summed E-state index contributed by atoms with van der Waals surface area (Å²) in [5.74, 6) is 0.852. The van der Waals surface area contributed by atoms with Gasteiger partial charge in [-0.15, -0.1) is 22.7 Å². The molecule has 4 atom stereocenters. The molecule has 0 radical (unpaired) electrons. The lowest BCUT2D eigenvalue weighted by atomic mass is 9.54. The summed E-state index contributed by atoms with van der Waals surface area (Å²) in [5.41, 5.74) is 29.1. The molecule has 4 unspecified atom stereocenters. The van der Waals surface area contributed by atoms with Gasteiger partial charge in [-0.1, -0.05) is 335 Å². The fourth-order valence-electron chi connectivity index (χ4n) is 27.5. The summed E-state index contributed by atoms with van der Waals surface area (Å²) in [7, 11) is 0. The minimum atomic E-state index is 0.329. The molecule has 0 saturated heterocycles. The summed E-state index contributed by atoms with van der Waals surface area (Å²) in [5, 5.41) is 26.3. The first-order valence-electron chi connectivity index (χ1n) is 52.0. The van der Waals surface area contributed by atoms with Gasteiger partial charge in [-0.3, -0.25) is 0 Å². The van der Waals surface area contributed by atoms with Crippen LogP contribution in [0.3, 0.4) is 0 Å².